The van der Waals surface area contributed by atoms with E-state index in [9.17, 15) is 9.18 Å². The van der Waals surface area contributed by atoms with Crippen molar-refractivity contribution in [2.45, 2.75) is 6.54 Å². The molecule has 0 saturated carbocycles. The van der Waals surface area contributed by atoms with Crippen molar-refractivity contribution < 1.29 is 9.18 Å². The Labute approximate surface area is 182 Å². The molecule has 0 aliphatic heterocycles. The van der Waals surface area contributed by atoms with E-state index in [1.165, 1.54) is 12.1 Å². The van der Waals surface area contributed by atoms with Crippen LogP contribution in [0.5, 0.6) is 0 Å². The molecule has 3 heterocycles. The number of carbonyl (C=O) groups excluding carboxylic acids is 1. The summed E-state index contributed by atoms with van der Waals surface area (Å²) >= 11 is 0. The lowest BCUT2D eigenvalue weighted by molar-refractivity contribution is 0.0996. The minimum Gasteiger partial charge on any atom is -0.366 e. The van der Waals surface area contributed by atoms with Gasteiger partial charge < -0.3 is 5.73 Å². The molecule has 0 radical (unpaired) electrons. The first kappa shape index (κ1) is 20.4. The lowest BCUT2D eigenvalue weighted by Crippen LogP contribution is -2.13. The van der Waals surface area contributed by atoms with Crippen LogP contribution < -0.4 is 5.73 Å². The molecule has 0 bridgehead atoms. The Morgan fingerprint density at radius 3 is 2.68 bits per heavy atom. The first-order chi connectivity index (χ1) is 14.6. The summed E-state index contributed by atoms with van der Waals surface area (Å²) in [6, 6.07) is 17.7. The Bertz CT molecular complexity index is 1430. The van der Waals surface area contributed by atoms with E-state index < -0.39 is 11.7 Å². The number of primary amides is 1. The summed E-state index contributed by atoms with van der Waals surface area (Å²) < 4.78 is 15.9. The molecular weight excluding hydrogens is 419 g/mol. The van der Waals surface area contributed by atoms with Gasteiger partial charge in [-0.15, -0.1) is 17.5 Å². The van der Waals surface area contributed by atoms with Gasteiger partial charge in [0.1, 0.15) is 11.3 Å². The van der Waals surface area contributed by atoms with E-state index >= 15 is 0 Å². The maximum Gasteiger partial charge on any atom is 0.251 e. The minimum absolute atomic E-state index is 0. The molecule has 5 aromatic rings. The number of aromatic nitrogens is 5. The van der Waals surface area contributed by atoms with Crippen molar-refractivity contribution in [3.05, 3.63) is 83.8 Å². The topological polar surface area (TPSA) is 99.6 Å². The van der Waals surface area contributed by atoms with E-state index in [1.54, 1.807) is 29.1 Å². The van der Waals surface area contributed by atoms with E-state index in [0.29, 0.717) is 29.0 Å². The van der Waals surface area contributed by atoms with Crippen LogP contribution in [0.3, 0.4) is 0 Å². The number of nitrogens with two attached hydrogens (primary N) is 1. The third kappa shape index (κ3) is 3.80. The molecule has 154 valence electrons. The van der Waals surface area contributed by atoms with E-state index in [2.05, 4.69) is 26.3 Å². The SMILES string of the molecule is Cl.NC(=O)c1ccc(-c2ccc3nnn(Cc4ccc5ncccc5c4)c3n2)cc1F. The predicted molar refractivity (Wildman–Crippen MR) is 117 cm³/mol. The number of pyridine rings is 2. The van der Waals surface area contributed by atoms with Gasteiger partial charge in [0.15, 0.2) is 5.65 Å². The van der Waals surface area contributed by atoms with Gasteiger partial charge in [0, 0.05) is 17.1 Å². The van der Waals surface area contributed by atoms with Crippen molar-refractivity contribution in [3.63, 3.8) is 0 Å². The largest absolute Gasteiger partial charge is 0.366 e. The number of hydrogen-bond donors (Lipinski definition) is 1. The molecule has 31 heavy (non-hydrogen) atoms. The summed E-state index contributed by atoms with van der Waals surface area (Å²) in [5.41, 5.74) is 9.27. The van der Waals surface area contributed by atoms with Crippen LogP contribution in [0, 0.1) is 5.82 Å². The fourth-order valence-corrected chi connectivity index (χ4v) is 3.39. The number of rotatable bonds is 4. The van der Waals surface area contributed by atoms with Crippen molar-refractivity contribution >= 4 is 40.4 Å². The van der Waals surface area contributed by atoms with Gasteiger partial charge in [-0.1, -0.05) is 23.4 Å². The molecule has 0 aliphatic rings. The predicted octanol–water partition coefficient (Wildman–Crippen LogP) is 3.75. The van der Waals surface area contributed by atoms with E-state index in [1.807, 2.05) is 24.3 Å². The van der Waals surface area contributed by atoms with E-state index in [-0.39, 0.29) is 18.0 Å². The van der Waals surface area contributed by atoms with Gasteiger partial charge in [-0.3, -0.25) is 9.78 Å². The highest BCUT2D eigenvalue weighted by molar-refractivity contribution is 5.93. The number of nitrogens with zero attached hydrogens (tertiary/aromatic N) is 5. The van der Waals surface area contributed by atoms with Gasteiger partial charge in [-0.05, 0) is 48.0 Å². The van der Waals surface area contributed by atoms with Crippen molar-refractivity contribution in [2.75, 3.05) is 0 Å². The molecule has 5 rings (SSSR count). The van der Waals surface area contributed by atoms with Crippen LogP contribution in [-0.4, -0.2) is 30.9 Å². The Balaban J connectivity index is 0.00000231. The number of hydrogen-bond acceptors (Lipinski definition) is 5. The van der Waals surface area contributed by atoms with Crippen molar-refractivity contribution in [3.8, 4) is 11.3 Å². The summed E-state index contributed by atoms with van der Waals surface area (Å²) in [4.78, 5) is 20.2. The maximum absolute atomic E-state index is 14.2. The molecule has 3 aromatic heterocycles. The van der Waals surface area contributed by atoms with Gasteiger partial charge in [-0.2, -0.15) is 0 Å². The molecule has 7 nitrogen and oxygen atoms in total. The van der Waals surface area contributed by atoms with Crippen molar-refractivity contribution in [1.82, 2.24) is 25.0 Å². The maximum atomic E-state index is 14.2. The van der Waals surface area contributed by atoms with Gasteiger partial charge in [0.2, 0.25) is 0 Å². The summed E-state index contributed by atoms with van der Waals surface area (Å²) in [5, 5.41) is 9.42. The van der Waals surface area contributed by atoms with E-state index in [4.69, 9.17) is 5.73 Å². The summed E-state index contributed by atoms with van der Waals surface area (Å²) in [7, 11) is 0. The fourth-order valence-electron chi connectivity index (χ4n) is 3.39. The van der Waals surface area contributed by atoms with Gasteiger partial charge in [-0.25, -0.2) is 14.1 Å². The lowest BCUT2D eigenvalue weighted by Gasteiger charge is -2.06. The normalized spacial score (nSPS) is 10.9. The van der Waals surface area contributed by atoms with Crippen LogP contribution in [-0.2, 0) is 6.54 Å². The molecule has 2 aromatic carbocycles. The lowest BCUT2D eigenvalue weighted by atomic mass is 10.1. The molecule has 0 saturated heterocycles. The molecule has 1 amide bonds. The Morgan fingerprint density at radius 2 is 1.87 bits per heavy atom. The smallest absolute Gasteiger partial charge is 0.251 e. The highest BCUT2D eigenvalue weighted by Gasteiger charge is 2.13. The molecule has 0 unspecified atom stereocenters. The van der Waals surface area contributed by atoms with Crippen molar-refractivity contribution in [1.29, 1.82) is 0 Å². The number of carbonyl (C=O) groups is 1. The fraction of sp³-hybridized carbons (Fsp3) is 0.0455. The summed E-state index contributed by atoms with van der Waals surface area (Å²) in [5.74, 6) is -1.49. The van der Waals surface area contributed by atoms with Gasteiger partial charge in [0.05, 0.1) is 23.3 Å². The number of amides is 1. The zero-order valence-corrected chi connectivity index (χ0v) is 16.9. The minimum atomic E-state index is -0.810. The highest BCUT2D eigenvalue weighted by Crippen LogP contribution is 2.23. The molecule has 0 fully saturated rings. The number of benzene rings is 2. The number of halogens is 2. The molecule has 9 heteroatoms. The first-order valence-corrected chi connectivity index (χ1v) is 9.22. The second-order valence-electron chi connectivity index (χ2n) is 6.88. The summed E-state index contributed by atoms with van der Waals surface area (Å²) in [6.07, 6.45) is 1.76. The second kappa shape index (κ2) is 8.08. The molecule has 0 spiro atoms. The third-order valence-corrected chi connectivity index (χ3v) is 4.89. The first-order valence-electron chi connectivity index (χ1n) is 9.22. The standard InChI is InChI=1S/C22H15FN6O.ClH/c23-17-11-15(4-5-16(17)21(24)30)19-7-8-20-22(26-19)29(28-27-20)12-13-3-6-18-14(10-13)2-1-9-25-18;/h1-11H,12H2,(H2,24,30);1H. The zero-order chi connectivity index (χ0) is 20.7. The van der Waals surface area contributed by atoms with Crippen LogP contribution in [0.25, 0.3) is 33.3 Å². The number of fused-ring (bicyclic) bond motifs is 2. The average molecular weight is 435 g/mol. The Morgan fingerprint density at radius 1 is 1.03 bits per heavy atom. The van der Waals surface area contributed by atoms with Crippen LogP contribution in [0.2, 0.25) is 0 Å². The van der Waals surface area contributed by atoms with Crippen molar-refractivity contribution in [2.24, 2.45) is 5.73 Å². The second-order valence-corrected chi connectivity index (χ2v) is 6.88. The third-order valence-electron chi connectivity index (χ3n) is 4.89. The highest BCUT2D eigenvalue weighted by atomic mass is 35.5. The Hall–Kier alpha value is -3.91. The zero-order valence-electron chi connectivity index (χ0n) is 16.1. The Kier molecular flexibility index (Phi) is 5.31. The van der Waals surface area contributed by atoms with Gasteiger partial charge in [0.25, 0.3) is 5.91 Å². The van der Waals surface area contributed by atoms with Crippen LogP contribution in [0.1, 0.15) is 15.9 Å². The monoisotopic (exact) mass is 434 g/mol. The van der Waals surface area contributed by atoms with Gasteiger partial charge >= 0.3 is 0 Å². The average Bonchev–Trinajstić information content (AvgIpc) is 3.15. The van der Waals surface area contributed by atoms with Crippen LogP contribution in [0.15, 0.2) is 66.9 Å². The summed E-state index contributed by atoms with van der Waals surface area (Å²) in [6.45, 7) is 0.479. The molecule has 0 atom stereocenters. The quantitative estimate of drug-likeness (QED) is 0.464. The molecule has 2 N–H and O–H groups in total. The molecular formula is C22H16ClFN6O. The van der Waals surface area contributed by atoms with Crippen LogP contribution >= 0.6 is 12.4 Å². The molecule has 0 aliphatic carbocycles. The van der Waals surface area contributed by atoms with E-state index in [0.717, 1.165) is 16.5 Å². The van der Waals surface area contributed by atoms with Crippen LogP contribution in [0.4, 0.5) is 4.39 Å².